The van der Waals surface area contributed by atoms with E-state index < -0.39 is 32.7 Å². The van der Waals surface area contributed by atoms with Gasteiger partial charge in [-0.05, 0) is 43.2 Å². The predicted molar refractivity (Wildman–Crippen MR) is 89.3 cm³/mol. The molecule has 5 nitrogen and oxygen atoms in total. The number of amides is 1. The van der Waals surface area contributed by atoms with E-state index in [1.54, 1.807) is 12.1 Å². The van der Waals surface area contributed by atoms with E-state index in [2.05, 4.69) is 10.0 Å². The Balaban J connectivity index is 1.90. The van der Waals surface area contributed by atoms with Gasteiger partial charge in [0.15, 0.2) is 0 Å². The van der Waals surface area contributed by atoms with Crippen LogP contribution in [0.25, 0.3) is 0 Å². The maximum Gasteiger partial charge on any atom is 0.244 e. The van der Waals surface area contributed by atoms with E-state index in [0.29, 0.717) is 12.0 Å². The van der Waals surface area contributed by atoms with Crippen molar-refractivity contribution in [2.75, 3.05) is 6.54 Å². The average molecular weight is 368 g/mol. The van der Waals surface area contributed by atoms with E-state index in [9.17, 15) is 22.0 Å². The maximum absolute atomic E-state index is 13.6. The van der Waals surface area contributed by atoms with E-state index in [0.717, 1.165) is 12.1 Å². The third-order valence-corrected chi connectivity index (χ3v) is 5.03. The topological polar surface area (TPSA) is 75.3 Å². The zero-order valence-corrected chi connectivity index (χ0v) is 14.3. The zero-order valence-electron chi connectivity index (χ0n) is 13.5. The second kappa shape index (κ2) is 8.17. The summed E-state index contributed by atoms with van der Waals surface area (Å²) in [4.78, 5) is 11.5. The first-order valence-electron chi connectivity index (χ1n) is 7.58. The van der Waals surface area contributed by atoms with Crippen LogP contribution in [0.1, 0.15) is 12.5 Å². The van der Waals surface area contributed by atoms with Crippen molar-refractivity contribution in [1.29, 1.82) is 0 Å². The van der Waals surface area contributed by atoms with Gasteiger partial charge in [0.05, 0.1) is 6.04 Å². The Kier molecular flexibility index (Phi) is 6.22. The average Bonchev–Trinajstić information content (AvgIpc) is 2.54. The standard InChI is InChI=1S/C17H18F2N2O3S/c1-12(21-25(23,24)16-8-3-2-7-15(16)19)17(22)20-10-9-13-5-4-6-14(18)11-13/h2-8,11-12,21H,9-10H2,1H3,(H,20,22)/t12-/m0/s1. The minimum atomic E-state index is -4.15. The molecule has 134 valence electrons. The van der Waals surface area contributed by atoms with Gasteiger partial charge in [0.1, 0.15) is 16.5 Å². The lowest BCUT2D eigenvalue weighted by Crippen LogP contribution is -2.45. The van der Waals surface area contributed by atoms with Crippen molar-refractivity contribution in [3.8, 4) is 0 Å². The van der Waals surface area contributed by atoms with Gasteiger partial charge in [-0.2, -0.15) is 4.72 Å². The molecule has 0 fully saturated rings. The first kappa shape index (κ1) is 19.0. The molecule has 0 saturated heterocycles. The summed E-state index contributed by atoms with van der Waals surface area (Å²) in [6.07, 6.45) is 0.399. The Hall–Kier alpha value is -2.32. The number of carbonyl (C=O) groups excluding carboxylic acids is 1. The molecule has 1 atom stereocenters. The second-order valence-electron chi connectivity index (χ2n) is 5.44. The lowest BCUT2D eigenvalue weighted by molar-refractivity contribution is -0.122. The molecule has 1 amide bonds. The Morgan fingerprint density at radius 3 is 2.52 bits per heavy atom. The maximum atomic E-state index is 13.6. The van der Waals surface area contributed by atoms with Crippen LogP contribution >= 0.6 is 0 Å². The summed E-state index contributed by atoms with van der Waals surface area (Å²) in [7, 11) is -4.15. The molecule has 0 saturated carbocycles. The van der Waals surface area contributed by atoms with Crippen LogP contribution in [0.2, 0.25) is 0 Å². The van der Waals surface area contributed by atoms with Crippen LogP contribution in [-0.2, 0) is 21.2 Å². The Bertz CT molecular complexity index is 856. The zero-order chi connectivity index (χ0) is 18.4. The van der Waals surface area contributed by atoms with Crippen LogP contribution in [0.15, 0.2) is 53.4 Å². The number of benzene rings is 2. The van der Waals surface area contributed by atoms with Crippen LogP contribution in [0.4, 0.5) is 8.78 Å². The minimum absolute atomic E-state index is 0.216. The van der Waals surface area contributed by atoms with Gasteiger partial charge >= 0.3 is 0 Å². The molecular weight excluding hydrogens is 350 g/mol. The molecule has 2 N–H and O–H groups in total. The van der Waals surface area contributed by atoms with Crippen molar-refractivity contribution in [1.82, 2.24) is 10.0 Å². The SMILES string of the molecule is C[C@H](NS(=O)(=O)c1ccccc1F)C(=O)NCCc1cccc(F)c1. The molecule has 2 aromatic rings. The monoisotopic (exact) mass is 368 g/mol. The molecule has 25 heavy (non-hydrogen) atoms. The summed E-state index contributed by atoms with van der Waals surface area (Å²) < 4.78 is 53.1. The van der Waals surface area contributed by atoms with Gasteiger partial charge in [-0.15, -0.1) is 0 Å². The van der Waals surface area contributed by atoms with E-state index in [1.807, 2.05) is 0 Å². The van der Waals surface area contributed by atoms with Gasteiger partial charge in [0.2, 0.25) is 15.9 Å². The van der Waals surface area contributed by atoms with Gasteiger partial charge in [0.25, 0.3) is 0 Å². The molecule has 0 unspecified atom stereocenters. The van der Waals surface area contributed by atoms with Gasteiger partial charge < -0.3 is 5.32 Å². The lowest BCUT2D eigenvalue weighted by atomic mass is 10.1. The minimum Gasteiger partial charge on any atom is -0.354 e. The summed E-state index contributed by atoms with van der Waals surface area (Å²) in [5.41, 5.74) is 0.708. The fourth-order valence-electron chi connectivity index (χ4n) is 2.19. The largest absolute Gasteiger partial charge is 0.354 e. The smallest absolute Gasteiger partial charge is 0.244 e. The van der Waals surface area contributed by atoms with Crippen molar-refractivity contribution in [3.05, 3.63) is 65.7 Å². The highest BCUT2D eigenvalue weighted by Crippen LogP contribution is 2.13. The van der Waals surface area contributed by atoms with E-state index in [4.69, 9.17) is 0 Å². The Morgan fingerprint density at radius 1 is 1.12 bits per heavy atom. The Labute approximate surface area is 145 Å². The summed E-state index contributed by atoms with van der Waals surface area (Å²) in [6.45, 7) is 1.57. The van der Waals surface area contributed by atoms with E-state index >= 15 is 0 Å². The summed E-state index contributed by atoms with van der Waals surface area (Å²) in [6, 6.07) is 9.79. The highest BCUT2D eigenvalue weighted by molar-refractivity contribution is 7.89. The van der Waals surface area contributed by atoms with Crippen LogP contribution in [0, 0.1) is 11.6 Å². The first-order chi connectivity index (χ1) is 11.8. The number of nitrogens with one attached hydrogen (secondary N) is 2. The number of rotatable bonds is 7. The van der Waals surface area contributed by atoms with Gasteiger partial charge in [-0.25, -0.2) is 17.2 Å². The van der Waals surface area contributed by atoms with Gasteiger partial charge in [-0.1, -0.05) is 24.3 Å². The molecule has 0 aliphatic rings. The van der Waals surface area contributed by atoms with Crippen LogP contribution in [0.3, 0.4) is 0 Å². The summed E-state index contributed by atoms with van der Waals surface area (Å²) in [5, 5.41) is 2.56. The molecule has 0 bridgehead atoms. The van der Waals surface area contributed by atoms with Gasteiger partial charge in [-0.3, -0.25) is 4.79 Å². The van der Waals surface area contributed by atoms with E-state index in [-0.39, 0.29) is 12.4 Å². The third-order valence-electron chi connectivity index (χ3n) is 3.45. The fourth-order valence-corrected chi connectivity index (χ4v) is 3.47. The molecule has 0 aliphatic heterocycles. The van der Waals surface area contributed by atoms with Crippen molar-refractivity contribution < 1.29 is 22.0 Å². The van der Waals surface area contributed by atoms with Gasteiger partial charge in [0, 0.05) is 6.54 Å². The van der Waals surface area contributed by atoms with Crippen LogP contribution in [0.5, 0.6) is 0 Å². The summed E-state index contributed by atoms with van der Waals surface area (Å²) in [5.74, 6) is -1.82. The van der Waals surface area contributed by atoms with Crippen LogP contribution in [-0.4, -0.2) is 26.9 Å². The lowest BCUT2D eigenvalue weighted by Gasteiger charge is -2.15. The number of carbonyl (C=O) groups is 1. The molecule has 2 rings (SSSR count). The Morgan fingerprint density at radius 2 is 1.84 bits per heavy atom. The predicted octanol–water partition coefficient (Wildman–Crippen LogP) is 1.99. The van der Waals surface area contributed by atoms with Crippen molar-refractivity contribution >= 4 is 15.9 Å². The molecular formula is C17H18F2N2O3S. The molecule has 0 radical (unpaired) electrons. The number of halogens is 2. The van der Waals surface area contributed by atoms with Crippen LogP contribution < -0.4 is 10.0 Å². The highest BCUT2D eigenvalue weighted by atomic mass is 32.2. The molecule has 0 spiro atoms. The second-order valence-corrected chi connectivity index (χ2v) is 7.13. The number of hydrogen-bond donors (Lipinski definition) is 2. The van der Waals surface area contributed by atoms with E-state index in [1.165, 1.54) is 31.2 Å². The normalized spacial score (nSPS) is 12.6. The third kappa shape index (κ3) is 5.33. The highest BCUT2D eigenvalue weighted by Gasteiger charge is 2.24. The first-order valence-corrected chi connectivity index (χ1v) is 9.07. The fraction of sp³-hybridized carbons (Fsp3) is 0.235. The molecule has 2 aromatic carbocycles. The molecule has 0 aliphatic carbocycles. The quantitative estimate of drug-likeness (QED) is 0.785. The van der Waals surface area contributed by atoms with Crippen molar-refractivity contribution in [3.63, 3.8) is 0 Å². The summed E-state index contributed by atoms with van der Waals surface area (Å²) >= 11 is 0. The molecule has 8 heteroatoms. The van der Waals surface area contributed by atoms with Crippen molar-refractivity contribution in [2.24, 2.45) is 0 Å². The number of sulfonamides is 1. The van der Waals surface area contributed by atoms with Crippen molar-refractivity contribution in [2.45, 2.75) is 24.3 Å². The molecule has 0 aromatic heterocycles. The number of hydrogen-bond acceptors (Lipinski definition) is 3. The molecule has 0 heterocycles.